The Balaban J connectivity index is 0.000000229. The summed E-state index contributed by atoms with van der Waals surface area (Å²) < 4.78 is 5.88. The van der Waals surface area contributed by atoms with E-state index in [0.717, 1.165) is 22.1 Å². The second-order valence-corrected chi connectivity index (χ2v) is 12.0. The molecule has 0 aromatic heterocycles. The highest BCUT2D eigenvalue weighted by atomic mass is 79.9. The van der Waals surface area contributed by atoms with Crippen LogP contribution in [0.4, 0.5) is 11.4 Å². The number of hydrogen-bond donors (Lipinski definition) is 6. The number of hydrogen-bond acceptors (Lipinski definition) is 9. The van der Waals surface area contributed by atoms with Gasteiger partial charge >= 0.3 is 5.97 Å². The number of phenolic OH excluding ortho intramolecular Hbond substituents is 1. The van der Waals surface area contributed by atoms with Crippen LogP contribution in [0, 0.1) is 6.92 Å². The quantitative estimate of drug-likeness (QED) is 0.0594. The molecule has 0 bridgehead atoms. The number of rotatable bonds is 12. The van der Waals surface area contributed by atoms with Crippen LogP contribution in [0.1, 0.15) is 27.0 Å². The number of carbonyl (C=O) groups excluding carboxylic acids is 2. The smallest absolute Gasteiger partial charge is 0.335 e. The van der Waals surface area contributed by atoms with Crippen LogP contribution in [-0.4, -0.2) is 60.6 Å². The molecule has 0 saturated carbocycles. The van der Waals surface area contributed by atoms with Gasteiger partial charge in [0.05, 0.1) is 42.7 Å². The number of hydrazone groups is 2. The van der Waals surface area contributed by atoms with Crippen molar-refractivity contribution in [2.24, 2.45) is 10.2 Å². The molecular weight excluding hydrogens is 740 g/mol. The van der Waals surface area contributed by atoms with Crippen LogP contribution in [0.15, 0.2) is 112 Å². The van der Waals surface area contributed by atoms with Gasteiger partial charge in [0.2, 0.25) is 0 Å². The largest absolute Gasteiger partial charge is 0.507 e. The molecule has 0 saturated heterocycles. The van der Waals surface area contributed by atoms with Crippen LogP contribution in [0.3, 0.4) is 0 Å². The number of phenols is 1. The minimum Gasteiger partial charge on any atom is -0.507 e. The topological polar surface area (TPSA) is 174 Å². The van der Waals surface area contributed by atoms with E-state index in [2.05, 4.69) is 47.6 Å². The maximum absolute atomic E-state index is 11.8. The lowest BCUT2D eigenvalue weighted by Crippen LogP contribution is -2.25. The minimum absolute atomic E-state index is 0.0392. The van der Waals surface area contributed by atoms with Crippen molar-refractivity contribution in [1.29, 1.82) is 0 Å². The molecule has 6 N–H and O–H groups in total. The molecule has 12 nitrogen and oxygen atoms in total. The molecule has 0 aliphatic heterocycles. The number of nitrogens with zero attached hydrogens (tertiary/aromatic N) is 2. The van der Waals surface area contributed by atoms with Gasteiger partial charge in [-0.1, -0.05) is 54.1 Å². The van der Waals surface area contributed by atoms with E-state index in [1.807, 2.05) is 42.5 Å². The van der Waals surface area contributed by atoms with E-state index in [1.165, 1.54) is 31.7 Å². The van der Waals surface area contributed by atoms with Gasteiger partial charge in [0.15, 0.2) is 0 Å². The summed E-state index contributed by atoms with van der Waals surface area (Å²) in [5.74, 6) is -1.00. The molecule has 0 atom stereocenters. The molecule has 0 aliphatic carbocycles. The Morgan fingerprint density at radius 2 is 1.39 bits per heavy atom. The zero-order valence-corrected chi connectivity index (χ0v) is 29.8. The Labute approximate surface area is 307 Å². The third-order valence-corrected chi connectivity index (χ3v) is 7.97. The molecule has 0 radical (unpaired) electrons. The van der Waals surface area contributed by atoms with Gasteiger partial charge in [-0.2, -0.15) is 10.2 Å². The van der Waals surface area contributed by atoms with Crippen molar-refractivity contribution in [2.75, 3.05) is 30.8 Å². The Morgan fingerprint density at radius 3 is 2.02 bits per heavy atom. The number of ether oxygens (including phenoxy) is 1. The fourth-order valence-electron chi connectivity index (χ4n) is 4.50. The zero-order valence-electron chi connectivity index (χ0n) is 27.5. The van der Waals surface area contributed by atoms with E-state index in [-0.39, 0.29) is 36.2 Å². The summed E-state index contributed by atoms with van der Waals surface area (Å²) in [6, 6.07) is 28.7. The van der Waals surface area contributed by atoms with E-state index in [9.17, 15) is 19.5 Å². The highest BCUT2D eigenvalue weighted by molar-refractivity contribution is 9.10. The van der Waals surface area contributed by atoms with Gasteiger partial charge in [0.1, 0.15) is 11.5 Å². The lowest BCUT2D eigenvalue weighted by molar-refractivity contribution is -0.120. The number of nitrogens with one attached hydrogen (secondary N) is 4. The van der Waals surface area contributed by atoms with Crippen LogP contribution >= 0.6 is 27.5 Å². The number of benzene rings is 5. The summed E-state index contributed by atoms with van der Waals surface area (Å²) in [4.78, 5) is 34.4. The first kappa shape index (κ1) is 37.9. The van der Waals surface area contributed by atoms with Crippen LogP contribution in [-0.2, 0) is 9.59 Å². The fourth-order valence-corrected chi connectivity index (χ4v) is 5.33. The number of amides is 2. The van der Waals surface area contributed by atoms with Gasteiger partial charge in [0.25, 0.3) is 11.8 Å². The Morgan fingerprint density at radius 1 is 0.804 bits per heavy atom. The third kappa shape index (κ3) is 11.6. The zero-order chi connectivity index (χ0) is 36.8. The van der Waals surface area contributed by atoms with E-state index < -0.39 is 5.97 Å². The average molecular weight is 774 g/mol. The third-order valence-electron chi connectivity index (χ3n) is 7.13. The molecule has 5 aromatic carbocycles. The second kappa shape index (κ2) is 18.7. The molecule has 2 amide bonds. The van der Waals surface area contributed by atoms with Gasteiger partial charge in [-0.3, -0.25) is 9.59 Å². The molecule has 0 aliphatic rings. The molecule has 51 heavy (non-hydrogen) atoms. The molecule has 0 fully saturated rings. The van der Waals surface area contributed by atoms with Gasteiger partial charge in [-0.05, 0) is 93.8 Å². The lowest BCUT2D eigenvalue weighted by Gasteiger charge is -2.11. The summed E-state index contributed by atoms with van der Waals surface area (Å²) in [5, 5.41) is 35.6. The van der Waals surface area contributed by atoms with Crippen molar-refractivity contribution < 1.29 is 29.3 Å². The number of aromatic carboxylic acids is 1. The van der Waals surface area contributed by atoms with E-state index in [1.54, 1.807) is 49.4 Å². The van der Waals surface area contributed by atoms with Gasteiger partial charge < -0.3 is 25.6 Å². The van der Waals surface area contributed by atoms with E-state index >= 15 is 0 Å². The molecule has 0 heterocycles. The highest BCUT2D eigenvalue weighted by Crippen LogP contribution is 2.36. The molecular formula is C37H34BrClN6O6. The normalized spacial score (nSPS) is 10.7. The molecule has 0 spiro atoms. The first-order chi connectivity index (χ1) is 24.5. The lowest BCUT2D eigenvalue weighted by atomic mass is 10.1. The van der Waals surface area contributed by atoms with Crippen molar-refractivity contribution in [3.05, 3.63) is 129 Å². The van der Waals surface area contributed by atoms with Crippen molar-refractivity contribution >= 4 is 79.9 Å². The van der Waals surface area contributed by atoms with Crippen LogP contribution in [0.2, 0.25) is 5.02 Å². The number of methoxy groups -OCH3 is 1. The molecule has 14 heteroatoms. The summed E-state index contributed by atoms with van der Waals surface area (Å²) in [6.07, 6.45) is 2.83. The molecule has 262 valence electrons. The molecule has 0 unspecified atom stereocenters. The number of aromatic hydroxyl groups is 1. The van der Waals surface area contributed by atoms with Crippen molar-refractivity contribution in [1.82, 2.24) is 10.9 Å². The Bertz CT molecular complexity index is 2060. The Kier molecular flexibility index (Phi) is 13.9. The SMILES string of the molecule is COc1c(Br)cc(/C=N\NC(=O)CNc2ccc(Cl)cc2)c(O)c1C.O=C(CNc1ccc2ccccc2c1)N/N=C\c1ccc(C(=O)O)cc1. The number of carboxylic acid groups (broad SMARTS) is 1. The van der Waals surface area contributed by atoms with E-state index in [0.29, 0.717) is 31.9 Å². The van der Waals surface area contributed by atoms with Crippen molar-refractivity contribution in [3.8, 4) is 11.5 Å². The summed E-state index contributed by atoms with van der Waals surface area (Å²) in [5.41, 5.74) is 8.37. The molecule has 5 aromatic rings. The summed E-state index contributed by atoms with van der Waals surface area (Å²) >= 11 is 9.16. The van der Waals surface area contributed by atoms with Crippen molar-refractivity contribution in [2.45, 2.75) is 6.92 Å². The number of fused-ring (bicyclic) bond motifs is 1. The summed E-state index contributed by atoms with van der Waals surface area (Å²) in [7, 11) is 1.52. The minimum atomic E-state index is -0.985. The summed E-state index contributed by atoms with van der Waals surface area (Å²) in [6.45, 7) is 1.87. The van der Waals surface area contributed by atoms with Crippen LogP contribution in [0.25, 0.3) is 10.8 Å². The first-order valence-electron chi connectivity index (χ1n) is 15.3. The number of carbonyl (C=O) groups is 3. The van der Waals surface area contributed by atoms with Gasteiger partial charge in [-0.25, -0.2) is 15.6 Å². The number of anilines is 2. The standard InChI is InChI=1S/C20H17N3O3.C17H17BrClN3O3/c24-19(23-22-12-14-5-7-16(8-6-14)20(25)26)13-21-18-10-9-15-3-1-2-4-17(15)11-18;1-10-16(24)11(7-14(18)17(10)25-2)8-21-22-15(23)9-20-13-5-3-12(19)4-6-13/h1-12,21H,13H2,(H,23,24)(H,25,26);3-8,20,24H,9H2,1-2H3,(H,22,23)/b22-12-;21-8-. The monoisotopic (exact) mass is 772 g/mol. The van der Waals surface area contributed by atoms with Crippen LogP contribution < -0.4 is 26.2 Å². The average Bonchev–Trinajstić information content (AvgIpc) is 3.13. The fraction of sp³-hybridized carbons (Fsp3) is 0.108. The van der Waals surface area contributed by atoms with Gasteiger partial charge in [-0.15, -0.1) is 0 Å². The maximum atomic E-state index is 11.8. The number of halogens is 2. The van der Waals surface area contributed by atoms with Gasteiger partial charge in [0, 0.05) is 27.5 Å². The second-order valence-electron chi connectivity index (χ2n) is 10.7. The highest BCUT2D eigenvalue weighted by Gasteiger charge is 2.13. The number of carboxylic acids is 1. The van der Waals surface area contributed by atoms with Crippen LogP contribution in [0.5, 0.6) is 11.5 Å². The maximum Gasteiger partial charge on any atom is 0.335 e. The Hall–Kier alpha value is -5.92. The molecule has 5 rings (SSSR count). The van der Waals surface area contributed by atoms with Crippen molar-refractivity contribution in [3.63, 3.8) is 0 Å². The first-order valence-corrected chi connectivity index (χ1v) is 16.5. The predicted molar refractivity (Wildman–Crippen MR) is 204 cm³/mol. The van der Waals surface area contributed by atoms with E-state index in [4.69, 9.17) is 21.4 Å². The predicted octanol–water partition coefficient (Wildman–Crippen LogP) is 6.79.